The molecule has 0 unspecified atom stereocenters. The van der Waals surface area contributed by atoms with Gasteiger partial charge in [0.1, 0.15) is 0 Å². The molecule has 3 N–H and O–H groups in total. The van der Waals surface area contributed by atoms with Crippen LogP contribution in [0, 0.1) is 16.0 Å². The zero-order valence-corrected chi connectivity index (χ0v) is 24.6. The third-order valence-corrected chi connectivity index (χ3v) is 8.85. The van der Waals surface area contributed by atoms with Gasteiger partial charge in [0.2, 0.25) is 5.91 Å². The first-order valence-electron chi connectivity index (χ1n) is 14.8. The number of anilines is 1. The third kappa shape index (κ3) is 5.21. The van der Waals surface area contributed by atoms with Gasteiger partial charge in [-0.25, -0.2) is 4.68 Å². The number of nitrogens with one attached hydrogen (secondary N) is 1. The predicted molar refractivity (Wildman–Crippen MR) is 167 cm³/mol. The topological polar surface area (TPSA) is 162 Å². The van der Waals surface area contributed by atoms with Crippen LogP contribution in [-0.4, -0.2) is 60.8 Å². The molecule has 0 bridgehead atoms. The summed E-state index contributed by atoms with van der Waals surface area (Å²) in [7, 11) is 0. The number of aromatic nitrogens is 2. The number of H-pyrrole nitrogens is 1. The summed E-state index contributed by atoms with van der Waals surface area (Å²) in [6.45, 7) is 2.12. The number of aliphatic hydroxyl groups is 2. The number of aliphatic hydroxyl groups excluding tert-OH is 1. The summed E-state index contributed by atoms with van der Waals surface area (Å²) in [5.74, 6) is -1.66. The number of non-ortho nitro benzene ring substituents is 1. The summed E-state index contributed by atoms with van der Waals surface area (Å²) in [5, 5.41) is 36.8. The maximum Gasteiger partial charge on any atom is 0.279 e. The van der Waals surface area contributed by atoms with E-state index < -0.39 is 22.3 Å². The van der Waals surface area contributed by atoms with Gasteiger partial charge in [0.25, 0.3) is 17.2 Å². The summed E-state index contributed by atoms with van der Waals surface area (Å²) < 4.78 is 1.42. The van der Waals surface area contributed by atoms with Crippen molar-refractivity contribution in [3.05, 3.63) is 110 Å². The highest BCUT2D eigenvalue weighted by Gasteiger charge is 2.53. The molecule has 1 fully saturated rings. The normalized spacial score (nSPS) is 20.3. The molecule has 45 heavy (non-hydrogen) atoms. The van der Waals surface area contributed by atoms with Crippen LogP contribution in [0.1, 0.15) is 37.3 Å². The first-order valence-corrected chi connectivity index (χ1v) is 14.8. The van der Waals surface area contributed by atoms with Crippen LogP contribution in [0.25, 0.3) is 16.6 Å². The van der Waals surface area contributed by atoms with E-state index in [1.807, 2.05) is 6.07 Å². The minimum atomic E-state index is -2.13. The highest BCUT2D eigenvalue weighted by Crippen LogP contribution is 2.47. The van der Waals surface area contributed by atoms with Crippen LogP contribution >= 0.6 is 0 Å². The van der Waals surface area contributed by atoms with Crippen molar-refractivity contribution in [2.75, 3.05) is 18.1 Å². The molecule has 3 heterocycles. The van der Waals surface area contributed by atoms with Gasteiger partial charge in [0.15, 0.2) is 5.60 Å². The second-order valence-electron chi connectivity index (χ2n) is 11.6. The van der Waals surface area contributed by atoms with Gasteiger partial charge in [0, 0.05) is 36.6 Å². The predicted octanol–water partition coefficient (Wildman–Crippen LogP) is 3.53. The van der Waals surface area contributed by atoms with Gasteiger partial charge >= 0.3 is 0 Å². The van der Waals surface area contributed by atoms with E-state index in [0.717, 1.165) is 12.8 Å². The van der Waals surface area contributed by atoms with Crippen LogP contribution in [0.4, 0.5) is 11.4 Å². The molecule has 0 spiro atoms. The fourth-order valence-corrected chi connectivity index (χ4v) is 6.41. The number of fused-ring (bicyclic) bond motifs is 2. The molecule has 0 radical (unpaired) electrons. The molecular weight excluding hydrogens is 578 g/mol. The summed E-state index contributed by atoms with van der Waals surface area (Å²) in [4.78, 5) is 53.9. The number of hydrogen-bond acceptors (Lipinski definition) is 7. The molecule has 4 aromatic rings. The number of aromatic amines is 1. The Hall–Kier alpha value is -5.07. The molecule has 2 aliphatic rings. The first kappa shape index (κ1) is 30.0. The molecule has 3 aromatic carbocycles. The lowest BCUT2D eigenvalue weighted by molar-refractivity contribution is -0.385. The fourth-order valence-electron chi connectivity index (χ4n) is 6.41. The Bertz CT molecular complexity index is 1900. The Morgan fingerprint density at radius 1 is 1.16 bits per heavy atom. The molecule has 2 aliphatic heterocycles. The standard InChI is InChI=1S/C33H33N5O7/c1-21(7-4-13-30(40)35-16-6-10-25(35)20-39)33(43)27-18-24(38(44)45)14-15-29(27)36(32(33)42)19-22-8-5-9-23(17-22)37-31(41)26-11-2-3-12-28(26)34-37/h2-5,7-9,11-12,14-15,17-18,21,25,34,39,43H,6,10,13,16,19-20H2,1H3/b7-4+/t21-,25-,33+/m0/s1. The number of likely N-dealkylation sites (tertiary alicyclic amines) is 1. The van der Waals surface area contributed by atoms with Crippen molar-refractivity contribution in [3.8, 4) is 5.69 Å². The molecule has 6 rings (SSSR count). The highest BCUT2D eigenvalue weighted by molar-refractivity contribution is 6.07. The monoisotopic (exact) mass is 611 g/mol. The number of amides is 2. The number of carbonyl (C=O) groups excluding carboxylic acids is 2. The maximum atomic E-state index is 14.0. The number of para-hydroxylation sites is 1. The second-order valence-corrected chi connectivity index (χ2v) is 11.6. The lowest BCUT2D eigenvalue weighted by Gasteiger charge is -2.28. The van der Waals surface area contributed by atoms with Gasteiger partial charge in [0.05, 0.1) is 46.4 Å². The molecule has 12 nitrogen and oxygen atoms in total. The highest BCUT2D eigenvalue weighted by atomic mass is 16.6. The molecule has 2 amide bonds. The van der Waals surface area contributed by atoms with E-state index in [4.69, 9.17) is 0 Å². The van der Waals surface area contributed by atoms with Crippen LogP contribution in [0.15, 0.2) is 83.7 Å². The Balaban J connectivity index is 1.29. The number of nitrogens with zero attached hydrogens (tertiary/aromatic N) is 4. The van der Waals surface area contributed by atoms with Crippen molar-refractivity contribution < 1.29 is 24.7 Å². The largest absolute Gasteiger partial charge is 0.394 e. The zero-order valence-electron chi connectivity index (χ0n) is 24.6. The Morgan fingerprint density at radius 3 is 2.71 bits per heavy atom. The van der Waals surface area contributed by atoms with Gasteiger partial charge < -0.3 is 20.0 Å². The van der Waals surface area contributed by atoms with Crippen LogP contribution < -0.4 is 10.5 Å². The molecule has 232 valence electrons. The van der Waals surface area contributed by atoms with E-state index in [-0.39, 0.29) is 48.3 Å². The fraction of sp³-hybridized carbons (Fsp3) is 0.303. The molecule has 3 atom stereocenters. The van der Waals surface area contributed by atoms with E-state index >= 15 is 0 Å². The van der Waals surface area contributed by atoms with Crippen molar-refractivity contribution in [1.82, 2.24) is 14.7 Å². The first-order chi connectivity index (χ1) is 21.6. The molecule has 0 saturated carbocycles. The van der Waals surface area contributed by atoms with Crippen LogP contribution in [0.5, 0.6) is 0 Å². The lowest BCUT2D eigenvalue weighted by Crippen LogP contribution is -2.44. The van der Waals surface area contributed by atoms with Gasteiger partial charge in [-0.05, 0) is 48.7 Å². The minimum absolute atomic E-state index is 0.0243. The summed E-state index contributed by atoms with van der Waals surface area (Å²) in [6.07, 6.45) is 4.75. The Labute approximate surface area is 257 Å². The maximum absolute atomic E-state index is 14.0. The summed E-state index contributed by atoms with van der Waals surface area (Å²) in [5.41, 5.74) is -0.275. The van der Waals surface area contributed by atoms with Crippen molar-refractivity contribution in [1.29, 1.82) is 0 Å². The van der Waals surface area contributed by atoms with Crippen LogP contribution in [-0.2, 0) is 21.7 Å². The Morgan fingerprint density at radius 2 is 1.96 bits per heavy atom. The Kier molecular flexibility index (Phi) is 7.85. The van der Waals surface area contributed by atoms with Crippen LogP contribution in [0.3, 0.4) is 0 Å². The zero-order chi connectivity index (χ0) is 31.9. The quantitative estimate of drug-likeness (QED) is 0.148. The smallest absolute Gasteiger partial charge is 0.279 e. The van der Waals surface area contributed by atoms with E-state index in [1.54, 1.807) is 66.4 Å². The number of nitro groups is 1. The molecule has 0 aliphatic carbocycles. The summed E-state index contributed by atoms with van der Waals surface area (Å²) >= 11 is 0. The number of nitro benzene ring substituents is 1. The summed E-state index contributed by atoms with van der Waals surface area (Å²) in [6, 6.07) is 18.0. The van der Waals surface area contributed by atoms with Gasteiger partial charge in [-0.1, -0.05) is 43.3 Å². The SMILES string of the molecule is C[C@@H](/C=C/CC(=O)N1CCC[C@H]1CO)[C@]1(O)C(=O)N(Cc2cccc(-n3[nH]c4ccccc4c3=O)c2)c2ccc([N+](=O)[O-])cc21. The average molecular weight is 612 g/mol. The van der Waals surface area contributed by atoms with E-state index in [2.05, 4.69) is 5.10 Å². The number of hydrogen-bond donors (Lipinski definition) is 3. The molecular formula is C33H33N5O7. The number of rotatable bonds is 9. The van der Waals surface area contributed by atoms with Gasteiger partial charge in [-0.3, -0.25) is 29.6 Å². The third-order valence-electron chi connectivity index (χ3n) is 8.85. The minimum Gasteiger partial charge on any atom is -0.394 e. The number of benzene rings is 3. The van der Waals surface area contributed by atoms with Crippen molar-refractivity contribution in [2.24, 2.45) is 5.92 Å². The molecule has 1 aromatic heterocycles. The molecule has 12 heteroatoms. The average Bonchev–Trinajstić information content (AvgIpc) is 3.72. The van der Waals surface area contributed by atoms with Gasteiger partial charge in [-0.2, -0.15) is 0 Å². The van der Waals surface area contributed by atoms with E-state index in [9.17, 15) is 34.7 Å². The number of carbonyl (C=O) groups is 2. The second kappa shape index (κ2) is 11.8. The van der Waals surface area contributed by atoms with Crippen molar-refractivity contribution >= 4 is 34.1 Å². The van der Waals surface area contributed by atoms with Gasteiger partial charge in [-0.15, -0.1) is 0 Å². The lowest BCUT2D eigenvalue weighted by atomic mass is 9.82. The van der Waals surface area contributed by atoms with E-state index in [1.165, 1.54) is 27.8 Å². The van der Waals surface area contributed by atoms with Crippen molar-refractivity contribution in [2.45, 2.75) is 44.4 Å². The molecule has 1 saturated heterocycles. The van der Waals surface area contributed by atoms with E-state index in [0.29, 0.717) is 34.4 Å². The van der Waals surface area contributed by atoms with Crippen molar-refractivity contribution in [3.63, 3.8) is 0 Å². The van der Waals surface area contributed by atoms with Crippen LogP contribution in [0.2, 0.25) is 0 Å².